The van der Waals surface area contributed by atoms with Gasteiger partial charge in [0.15, 0.2) is 0 Å². The molecule has 49 heavy (non-hydrogen) atoms. The molecule has 3 N–H and O–H groups in total. The minimum absolute atomic E-state index is 0.0347. The number of ether oxygens (including phenoxy) is 2. The zero-order valence-corrected chi connectivity index (χ0v) is 28.9. The molecule has 0 spiro atoms. The summed E-state index contributed by atoms with van der Waals surface area (Å²) in [7, 11) is 7.14. The summed E-state index contributed by atoms with van der Waals surface area (Å²) in [4.78, 5) is 37.9. The maximum atomic E-state index is 15.1. The van der Waals surface area contributed by atoms with Crippen molar-refractivity contribution in [3.8, 4) is 11.5 Å². The number of rotatable bonds is 16. The molecule has 0 bridgehead atoms. The average molecular weight is 673 g/mol. The van der Waals surface area contributed by atoms with Crippen LogP contribution in [0.3, 0.4) is 0 Å². The van der Waals surface area contributed by atoms with Crippen LogP contribution >= 0.6 is 0 Å². The number of amides is 2. The molecule has 4 aromatic rings. The number of aromatic nitrogens is 2. The van der Waals surface area contributed by atoms with Crippen LogP contribution in [-0.2, 0) is 0 Å². The minimum Gasteiger partial charge on any atom is -0.497 e. The molecular formula is C37H45FN6O5. The molecule has 2 amide bonds. The van der Waals surface area contributed by atoms with Crippen LogP contribution in [0.2, 0.25) is 0 Å². The van der Waals surface area contributed by atoms with Crippen LogP contribution < -0.4 is 25.0 Å². The van der Waals surface area contributed by atoms with Gasteiger partial charge in [0.1, 0.15) is 23.1 Å². The summed E-state index contributed by atoms with van der Waals surface area (Å²) in [6.07, 6.45) is 4.11. The number of benzene rings is 3. The number of nitrogens with zero attached hydrogens (tertiary/aromatic N) is 4. The third-order valence-electron chi connectivity index (χ3n) is 8.19. The molecule has 0 aliphatic rings. The predicted octanol–water partition coefficient (Wildman–Crippen LogP) is 7.12. The van der Waals surface area contributed by atoms with Crippen molar-refractivity contribution in [3.05, 3.63) is 100 Å². The summed E-state index contributed by atoms with van der Waals surface area (Å²) >= 11 is 0. The van der Waals surface area contributed by atoms with Crippen molar-refractivity contribution >= 4 is 29.5 Å². The topological polar surface area (TPSA) is 129 Å². The Hall–Kier alpha value is -5.23. The van der Waals surface area contributed by atoms with Crippen molar-refractivity contribution < 1.29 is 28.6 Å². The van der Waals surface area contributed by atoms with Crippen LogP contribution in [0.5, 0.6) is 11.5 Å². The van der Waals surface area contributed by atoms with E-state index in [2.05, 4.69) is 25.5 Å². The Labute approximate surface area is 287 Å². The van der Waals surface area contributed by atoms with Gasteiger partial charge in [0.25, 0.3) is 5.91 Å². The Morgan fingerprint density at radius 2 is 1.67 bits per heavy atom. The van der Waals surface area contributed by atoms with E-state index in [9.17, 15) is 14.7 Å². The van der Waals surface area contributed by atoms with E-state index in [4.69, 9.17) is 9.47 Å². The summed E-state index contributed by atoms with van der Waals surface area (Å²) < 4.78 is 26.3. The van der Waals surface area contributed by atoms with Crippen LogP contribution in [0.4, 0.5) is 26.6 Å². The smallest absolute Gasteiger partial charge is 0.413 e. The molecule has 3 aromatic carbocycles. The second-order valence-corrected chi connectivity index (χ2v) is 12.0. The van der Waals surface area contributed by atoms with Crippen LogP contribution in [0.25, 0.3) is 0 Å². The number of hydrogen-bond donors (Lipinski definition) is 3. The maximum absolute atomic E-state index is 15.1. The van der Waals surface area contributed by atoms with E-state index in [0.717, 1.165) is 53.8 Å². The standard InChI is InChI=1S/C37H45FN6O5/c1-24-12-11-13-25(2)33(24)34(29-23-27(48-5)15-17-31(29)49-6)44(37(46)47)32-18-20-40-36(42-32)41-26-14-16-28(30(38)22-26)35(45)39-19-9-7-8-10-21-43(3)4/h11-18,20,22-23,34H,7-10,19,21H2,1-6H3,(H,39,45)(H,46,47)(H,40,41,42). The fraction of sp³-hybridized carbons (Fsp3) is 0.351. The van der Waals surface area contributed by atoms with Gasteiger partial charge in [-0.3, -0.25) is 4.79 Å². The quantitative estimate of drug-likeness (QED) is 0.107. The Morgan fingerprint density at radius 3 is 2.33 bits per heavy atom. The zero-order chi connectivity index (χ0) is 35.5. The number of carboxylic acid groups (broad SMARTS) is 1. The number of anilines is 3. The first kappa shape index (κ1) is 36.6. The van der Waals surface area contributed by atoms with E-state index < -0.39 is 23.9 Å². The van der Waals surface area contributed by atoms with Crippen molar-refractivity contribution in [2.45, 2.75) is 45.6 Å². The Bertz CT molecular complexity index is 1730. The molecule has 4 rings (SSSR count). The Kier molecular flexibility index (Phi) is 12.9. The molecule has 1 unspecified atom stereocenters. The summed E-state index contributed by atoms with van der Waals surface area (Å²) in [5.74, 6) is -0.104. The monoisotopic (exact) mass is 672 g/mol. The zero-order valence-electron chi connectivity index (χ0n) is 28.9. The van der Waals surface area contributed by atoms with Gasteiger partial charge in [0.2, 0.25) is 5.95 Å². The van der Waals surface area contributed by atoms with E-state index in [1.807, 2.05) is 46.1 Å². The number of unbranched alkanes of at least 4 members (excludes halogenated alkanes) is 3. The Morgan fingerprint density at radius 1 is 0.939 bits per heavy atom. The minimum atomic E-state index is -1.27. The molecule has 260 valence electrons. The summed E-state index contributed by atoms with van der Waals surface area (Å²) in [5.41, 5.74) is 3.25. The molecule has 1 heterocycles. The van der Waals surface area contributed by atoms with Crippen molar-refractivity contribution in [1.29, 1.82) is 0 Å². The highest BCUT2D eigenvalue weighted by molar-refractivity contribution is 5.95. The van der Waals surface area contributed by atoms with E-state index in [1.54, 1.807) is 24.3 Å². The molecule has 1 aromatic heterocycles. The van der Waals surface area contributed by atoms with Crippen LogP contribution in [0.1, 0.15) is 64.3 Å². The predicted molar refractivity (Wildman–Crippen MR) is 189 cm³/mol. The number of halogens is 1. The third-order valence-corrected chi connectivity index (χ3v) is 8.19. The van der Waals surface area contributed by atoms with Crippen molar-refractivity contribution in [2.75, 3.05) is 51.6 Å². The fourth-order valence-corrected chi connectivity index (χ4v) is 5.73. The first-order valence-electron chi connectivity index (χ1n) is 16.2. The van der Waals surface area contributed by atoms with Gasteiger partial charge in [-0.1, -0.05) is 31.0 Å². The largest absolute Gasteiger partial charge is 0.497 e. The lowest BCUT2D eigenvalue weighted by Gasteiger charge is -2.32. The summed E-state index contributed by atoms with van der Waals surface area (Å²) in [6.45, 7) is 5.32. The molecule has 0 saturated heterocycles. The third kappa shape index (κ3) is 9.44. The molecule has 0 saturated carbocycles. The number of hydrogen-bond acceptors (Lipinski definition) is 8. The highest BCUT2D eigenvalue weighted by Gasteiger charge is 2.34. The molecule has 0 radical (unpaired) electrons. The normalized spacial score (nSPS) is 11.6. The lowest BCUT2D eigenvalue weighted by atomic mass is 9.89. The van der Waals surface area contributed by atoms with Crippen LogP contribution in [-0.4, -0.2) is 73.4 Å². The highest BCUT2D eigenvalue weighted by Crippen LogP contribution is 2.41. The second-order valence-electron chi connectivity index (χ2n) is 12.0. The summed E-state index contributed by atoms with van der Waals surface area (Å²) in [5, 5.41) is 16.4. The maximum Gasteiger partial charge on any atom is 0.413 e. The van der Waals surface area contributed by atoms with Crippen molar-refractivity contribution in [1.82, 2.24) is 20.2 Å². The van der Waals surface area contributed by atoms with Crippen LogP contribution in [0.15, 0.2) is 66.9 Å². The number of carbonyl (C=O) groups is 2. The number of nitrogens with one attached hydrogen (secondary N) is 2. The lowest BCUT2D eigenvalue weighted by molar-refractivity contribution is 0.0949. The molecule has 0 fully saturated rings. The molecule has 0 aliphatic carbocycles. The highest BCUT2D eigenvalue weighted by atomic mass is 19.1. The molecule has 0 aliphatic heterocycles. The number of methoxy groups -OCH3 is 2. The average Bonchev–Trinajstić information content (AvgIpc) is 3.06. The number of carbonyl (C=O) groups excluding carboxylic acids is 1. The van der Waals surface area contributed by atoms with Gasteiger partial charge in [-0.15, -0.1) is 0 Å². The lowest BCUT2D eigenvalue weighted by Crippen LogP contribution is -2.36. The van der Waals surface area contributed by atoms with Gasteiger partial charge >= 0.3 is 6.09 Å². The summed E-state index contributed by atoms with van der Waals surface area (Å²) in [6, 6.07) is 15.7. The first-order chi connectivity index (χ1) is 23.5. The molecular weight excluding hydrogens is 627 g/mol. The van der Waals surface area contributed by atoms with Gasteiger partial charge < -0.3 is 30.1 Å². The van der Waals surface area contributed by atoms with Crippen molar-refractivity contribution in [2.24, 2.45) is 0 Å². The van der Waals surface area contributed by atoms with Gasteiger partial charge in [-0.05, 0) is 106 Å². The molecule has 1 atom stereocenters. The molecule has 12 heteroatoms. The van der Waals surface area contributed by atoms with Gasteiger partial charge in [-0.25, -0.2) is 19.1 Å². The van der Waals surface area contributed by atoms with E-state index in [0.29, 0.717) is 23.6 Å². The fourth-order valence-electron chi connectivity index (χ4n) is 5.73. The van der Waals surface area contributed by atoms with Gasteiger partial charge in [0.05, 0.1) is 25.8 Å². The van der Waals surface area contributed by atoms with Crippen molar-refractivity contribution in [3.63, 3.8) is 0 Å². The first-order valence-corrected chi connectivity index (χ1v) is 16.2. The Balaban J connectivity index is 1.59. The van der Waals surface area contributed by atoms with E-state index in [1.165, 1.54) is 38.6 Å². The molecule has 11 nitrogen and oxygen atoms in total. The SMILES string of the molecule is COc1ccc(OC)c(C(c2c(C)cccc2C)N(C(=O)O)c2ccnc(Nc3ccc(C(=O)NCCCCCCN(C)C)c(F)c3)n2)c1. The van der Waals surface area contributed by atoms with Crippen LogP contribution in [0, 0.1) is 19.7 Å². The number of aryl methyl sites for hydroxylation is 2. The van der Waals surface area contributed by atoms with E-state index >= 15 is 4.39 Å². The van der Waals surface area contributed by atoms with Gasteiger partial charge in [-0.2, -0.15) is 4.98 Å². The second kappa shape index (κ2) is 17.3. The van der Waals surface area contributed by atoms with Gasteiger partial charge in [0, 0.05) is 24.0 Å². The van der Waals surface area contributed by atoms with E-state index in [-0.39, 0.29) is 23.0 Å².